The Labute approximate surface area is 215 Å². The highest BCUT2D eigenvalue weighted by Crippen LogP contribution is 2.38. The van der Waals surface area contributed by atoms with Crippen molar-refractivity contribution in [1.29, 1.82) is 0 Å². The number of nitrogens with one attached hydrogen (secondary N) is 2. The number of hydrogen-bond donors (Lipinski definition) is 2. The van der Waals surface area contributed by atoms with Gasteiger partial charge in [-0.05, 0) is 48.4 Å². The van der Waals surface area contributed by atoms with Gasteiger partial charge in [0, 0.05) is 49.2 Å². The molecule has 37 heavy (non-hydrogen) atoms. The molecule has 2 aliphatic rings. The maximum absolute atomic E-state index is 13.3. The fourth-order valence-electron chi connectivity index (χ4n) is 4.42. The molecule has 0 spiro atoms. The molecular weight excluding hydrogens is 466 g/mol. The average molecular weight is 494 g/mol. The zero-order valence-electron chi connectivity index (χ0n) is 20.5. The molecule has 5 rings (SSSR count). The number of likely N-dealkylation sites (tertiary alicyclic amines) is 1. The van der Waals surface area contributed by atoms with E-state index in [1.165, 1.54) is 36.0 Å². The minimum absolute atomic E-state index is 0.264. The molecule has 2 N–H and O–H groups in total. The summed E-state index contributed by atoms with van der Waals surface area (Å²) in [7, 11) is 1.50. The van der Waals surface area contributed by atoms with Crippen molar-refractivity contribution < 1.29 is 14.3 Å². The summed E-state index contributed by atoms with van der Waals surface area (Å²) in [5.74, 6) is 2.80. The molecule has 3 aromatic rings. The lowest BCUT2D eigenvalue weighted by molar-refractivity contribution is -0.106. The van der Waals surface area contributed by atoms with Gasteiger partial charge in [-0.1, -0.05) is 24.1 Å². The fourth-order valence-corrected chi connectivity index (χ4v) is 4.42. The van der Waals surface area contributed by atoms with Gasteiger partial charge in [0.2, 0.25) is 6.41 Å². The molecule has 2 fully saturated rings. The maximum atomic E-state index is 13.3. The van der Waals surface area contributed by atoms with Crippen LogP contribution in [-0.2, 0) is 4.79 Å². The lowest BCUT2D eigenvalue weighted by atomic mass is 10.00. The third-order valence-corrected chi connectivity index (χ3v) is 6.57. The van der Waals surface area contributed by atoms with Crippen molar-refractivity contribution in [3.05, 3.63) is 83.2 Å². The number of ether oxygens (including phenoxy) is 1. The van der Waals surface area contributed by atoms with E-state index in [4.69, 9.17) is 11.2 Å². The van der Waals surface area contributed by atoms with Crippen LogP contribution in [0.25, 0.3) is 5.70 Å². The number of carbonyl (C=O) groups is 2. The first-order chi connectivity index (χ1) is 18.1. The van der Waals surface area contributed by atoms with Crippen molar-refractivity contribution in [2.75, 3.05) is 37.0 Å². The number of pyridine rings is 1. The summed E-state index contributed by atoms with van der Waals surface area (Å²) < 4.78 is 5.55. The van der Waals surface area contributed by atoms with Crippen LogP contribution in [0.2, 0.25) is 0 Å². The Hall–Kier alpha value is -4.77. The summed E-state index contributed by atoms with van der Waals surface area (Å²) in [6.07, 6.45) is 9.80. The van der Waals surface area contributed by atoms with Crippen molar-refractivity contribution in [3.8, 4) is 18.1 Å². The first-order valence-corrected chi connectivity index (χ1v) is 12.1. The lowest BCUT2D eigenvalue weighted by Gasteiger charge is -2.39. The predicted octanol–water partition coefficient (Wildman–Crippen LogP) is 3.99. The number of methoxy groups -OCH3 is 1. The molecule has 0 unspecified atom stereocenters. The number of carbonyl (C=O) groups excluding carboxylic acids is 2. The molecule has 2 saturated heterocycles. The highest BCUT2D eigenvalue weighted by atomic mass is 16.5. The number of aromatic nitrogens is 1. The summed E-state index contributed by atoms with van der Waals surface area (Å²) in [5.41, 5.74) is 5.40. The number of nitrogens with zero attached hydrogens (tertiary/aromatic N) is 3. The highest BCUT2D eigenvalue weighted by molar-refractivity contribution is 6.11. The van der Waals surface area contributed by atoms with Crippen LogP contribution >= 0.6 is 0 Å². The van der Waals surface area contributed by atoms with Crippen LogP contribution in [0.5, 0.6) is 5.75 Å². The van der Waals surface area contributed by atoms with E-state index in [2.05, 4.69) is 26.4 Å². The van der Waals surface area contributed by atoms with E-state index >= 15 is 0 Å². The number of terminal acetylenes is 1. The van der Waals surface area contributed by atoms with E-state index in [1.807, 2.05) is 24.3 Å². The van der Waals surface area contributed by atoms with Gasteiger partial charge in [0.25, 0.3) is 5.91 Å². The third kappa shape index (κ3) is 4.71. The number of benzene rings is 2. The van der Waals surface area contributed by atoms with Gasteiger partial charge in [-0.25, -0.2) is 4.98 Å². The number of anilines is 3. The molecular formula is C29H27N5O3. The zero-order valence-corrected chi connectivity index (χ0v) is 20.5. The van der Waals surface area contributed by atoms with Crippen LogP contribution < -0.4 is 20.3 Å². The van der Waals surface area contributed by atoms with Gasteiger partial charge >= 0.3 is 0 Å². The third-order valence-electron chi connectivity index (χ3n) is 6.57. The molecule has 0 radical (unpaired) electrons. The first kappa shape index (κ1) is 23.9. The minimum atomic E-state index is -0.431. The van der Waals surface area contributed by atoms with Crippen LogP contribution in [0.3, 0.4) is 0 Å². The summed E-state index contributed by atoms with van der Waals surface area (Å²) >= 11 is 0. The molecule has 0 saturated carbocycles. The molecule has 1 aromatic heterocycles. The number of hydrogen-bond acceptors (Lipinski definition) is 6. The van der Waals surface area contributed by atoms with Gasteiger partial charge in [0.15, 0.2) is 0 Å². The lowest BCUT2D eigenvalue weighted by Crippen LogP contribution is -2.40. The van der Waals surface area contributed by atoms with Gasteiger partial charge in [-0.2, -0.15) is 0 Å². The van der Waals surface area contributed by atoms with E-state index in [9.17, 15) is 9.59 Å². The van der Waals surface area contributed by atoms with Crippen molar-refractivity contribution in [3.63, 3.8) is 0 Å². The van der Waals surface area contributed by atoms with Crippen molar-refractivity contribution >= 4 is 35.2 Å². The predicted molar refractivity (Wildman–Crippen MR) is 143 cm³/mol. The largest absolute Gasteiger partial charge is 0.495 e. The van der Waals surface area contributed by atoms with Gasteiger partial charge in [-0.3, -0.25) is 14.5 Å². The van der Waals surface area contributed by atoms with Gasteiger partial charge in [0.05, 0.1) is 18.4 Å². The molecule has 186 valence electrons. The number of para-hydroxylation sites is 1. The summed E-state index contributed by atoms with van der Waals surface area (Å²) in [6, 6.07) is 16.2. The maximum Gasteiger partial charge on any atom is 0.259 e. The van der Waals surface area contributed by atoms with Gasteiger partial charge < -0.3 is 20.3 Å². The SMILES string of the molecule is C#Cc1ccc(NC(=O)c2cccc(OC)c2N(C=O)c2ccc(C(=C3CCN3)N3CCC3)cc2)nc1. The van der Waals surface area contributed by atoms with Crippen molar-refractivity contribution in [2.45, 2.75) is 12.8 Å². The Kier molecular flexibility index (Phi) is 6.77. The molecule has 8 nitrogen and oxygen atoms in total. The van der Waals surface area contributed by atoms with Crippen molar-refractivity contribution in [2.24, 2.45) is 0 Å². The molecule has 0 atom stereocenters. The van der Waals surface area contributed by atoms with Gasteiger partial charge in [-0.15, -0.1) is 6.42 Å². The molecule has 2 aliphatic heterocycles. The van der Waals surface area contributed by atoms with Crippen LogP contribution in [0.4, 0.5) is 17.2 Å². The Morgan fingerprint density at radius 2 is 1.97 bits per heavy atom. The topological polar surface area (TPSA) is 86.8 Å². The van der Waals surface area contributed by atoms with Crippen LogP contribution in [0.1, 0.15) is 34.3 Å². The number of amides is 2. The molecule has 2 amide bonds. The standard InChI is InChI=1S/C29H27N5O3/c1-3-20-8-13-26(31-18-20)32-29(36)23-6-4-7-25(37-2)28(23)34(19-35)22-11-9-21(10-12-22)27(24-14-15-30-24)33-16-5-17-33/h1,4,6-13,18-19,30H,5,14-17H2,2H3,(H,31,32,36). The van der Waals surface area contributed by atoms with E-state index in [1.54, 1.807) is 30.3 Å². The van der Waals surface area contributed by atoms with Crippen molar-refractivity contribution in [1.82, 2.24) is 15.2 Å². The summed E-state index contributed by atoms with van der Waals surface area (Å²) in [6.45, 7) is 3.08. The average Bonchev–Trinajstić information content (AvgIpc) is 2.87. The summed E-state index contributed by atoms with van der Waals surface area (Å²) in [5, 5.41) is 6.20. The summed E-state index contributed by atoms with van der Waals surface area (Å²) in [4.78, 5) is 33.7. The Bertz CT molecular complexity index is 1380. The molecule has 0 aliphatic carbocycles. The van der Waals surface area contributed by atoms with E-state index in [0.717, 1.165) is 31.6 Å². The van der Waals surface area contributed by atoms with Crippen LogP contribution in [0, 0.1) is 12.3 Å². The van der Waals surface area contributed by atoms with Gasteiger partial charge in [0.1, 0.15) is 17.3 Å². The molecule has 3 heterocycles. The first-order valence-electron chi connectivity index (χ1n) is 12.1. The second kappa shape index (κ2) is 10.5. The minimum Gasteiger partial charge on any atom is -0.495 e. The Morgan fingerprint density at radius 3 is 2.51 bits per heavy atom. The number of rotatable bonds is 8. The normalized spacial score (nSPS) is 15.3. The molecule has 0 bridgehead atoms. The molecule has 2 aromatic carbocycles. The Morgan fingerprint density at radius 1 is 1.19 bits per heavy atom. The van der Waals surface area contributed by atoms with Crippen LogP contribution in [-0.4, -0.2) is 48.9 Å². The fraction of sp³-hybridized carbons (Fsp3) is 0.207. The quantitative estimate of drug-likeness (QED) is 0.365. The molecule has 8 heteroatoms. The second-order valence-electron chi connectivity index (χ2n) is 8.75. The van der Waals surface area contributed by atoms with E-state index in [-0.39, 0.29) is 5.56 Å². The zero-order chi connectivity index (χ0) is 25.8. The highest BCUT2D eigenvalue weighted by Gasteiger charge is 2.26. The van der Waals surface area contributed by atoms with Crippen LogP contribution in [0.15, 0.2) is 66.5 Å². The Balaban J connectivity index is 1.47. The monoisotopic (exact) mass is 493 g/mol. The van der Waals surface area contributed by atoms with E-state index < -0.39 is 5.91 Å². The smallest absolute Gasteiger partial charge is 0.259 e. The second-order valence-corrected chi connectivity index (χ2v) is 8.75. The van der Waals surface area contributed by atoms with E-state index in [0.29, 0.717) is 34.9 Å².